The van der Waals surface area contributed by atoms with Gasteiger partial charge in [-0.2, -0.15) is 0 Å². The number of nitrogens with zero attached hydrogens (tertiary/aromatic N) is 4. The molecule has 0 bridgehead atoms. The van der Waals surface area contributed by atoms with Gasteiger partial charge in [0.05, 0.1) is 19.6 Å². The predicted molar refractivity (Wildman–Crippen MR) is 199 cm³/mol. The lowest BCUT2D eigenvalue weighted by atomic mass is 10.1. The number of carbonyl (C=O) groups is 5. The average molecular weight is 743 g/mol. The lowest BCUT2D eigenvalue weighted by Crippen LogP contribution is -2.53. The van der Waals surface area contributed by atoms with E-state index in [4.69, 9.17) is 24.7 Å². The Labute approximate surface area is 312 Å². The predicted octanol–water partition coefficient (Wildman–Crippen LogP) is 1.80. The number of esters is 4. The molecule has 15 nitrogen and oxygen atoms in total. The third-order valence-corrected chi connectivity index (χ3v) is 7.42. The summed E-state index contributed by atoms with van der Waals surface area (Å²) in [6.45, 7) is 25.4. The zero-order valence-electron chi connectivity index (χ0n) is 34.2. The minimum absolute atomic E-state index is 0.00520. The first-order valence-corrected chi connectivity index (χ1v) is 18.5. The number of ether oxygens (including phenoxy) is 4. The van der Waals surface area contributed by atoms with Gasteiger partial charge in [0, 0.05) is 71.9 Å². The van der Waals surface area contributed by atoms with Crippen molar-refractivity contribution in [2.75, 3.05) is 85.1 Å². The van der Waals surface area contributed by atoms with Crippen molar-refractivity contribution in [2.45, 2.75) is 124 Å². The zero-order chi connectivity index (χ0) is 39.9. The molecule has 0 saturated carbocycles. The van der Waals surface area contributed by atoms with Gasteiger partial charge in [-0.15, -0.1) is 0 Å². The number of nitrogens with one attached hydrogen (secondary N) is 1. The quantitative estimate of drug-likeness (QED) is 0.207. The van der Waals surface area contributed by atoms with Gasteiger partial charge in [0.1, 0.15) is 28.4 Å². The van der Waals surface area contributed by atoms with Gasteiger partial charge in [0.25, 0.3) is 0 Å². The molecule has 52 heavy (non-hydrogen) atoms. The van der Waals surface area contributed by atoms with Crippen LogP contribution in [-0.2, 0) is 42.9 Å². The van der Waals surface area contributed by atoms with Crippen LogP contribution in [0.3, 0.4) is 0 Å². The van der Waals surface area contributed by atoms with Gasteiger partial charge in [0.2, 0.25) is 5.91 Å². The fraction of sp³-hybridized carbons (Fsp3) is 0.865. The van der Waals surface area contributed by atoms with Crippen LogP contribution in [0.25, 0.3) is 0 Å². The van der Waals surface area contributed by atoms with Gasteiger partial charge in [-0.1, -0.05) is 0 Å². The molecule has 1 aliphatic heterocycles. The van der Waals surface area contributed by atoms with E-state index in [1.54, 1.807) is 20.8 Å². The molecule has 15 heteroatoms. The van der Waals surface area contributed by atoms with Gasteiger partial charge in [-0.05, 0) is 89.5 Å². The van der Waals surface area contributed by atoms with Gasteiger partial charge in [0.15, 0.2) is 0 Å². The van der Waals surface area contributed by atoms with Crippen LogP contribution in [0.2, 0.25) is 0 Å². The zero-order valence-corrected chi connectivity index (χ0v) is 34.2. The van der Waals surface area contributed by atoms with Crippen molar-refractivity contribution >= 4 is 29.8 Å². The standard InChI is InChI=1S/C37H70N6O9/c1-34(2,3)49-30(45)25-40-17-19-41(26-31(46)50-35(4,5)6)21-23-43(24-22-42(20-18-40)27-32(47)51-36(7,8)9)28(33(48)52-37(10,11)12)13-14-29(44)39-16-15-38/h28H,13-27,38H2,1-12H3,(H,39,44). The number of nitrogens with two attached hydrogens (primary N) is 1. The smallest absolute Gasteiger partial charge is 0.323 e. The van der Waals surface area contributed by atoms with Crippen molar-refractivity contribution in [3.05, 3.63) is 0 Å². The van der Waals surface area contributed by atoms with Gasteiger partial charge in [-0.3, -0.25) is 43.6 Å². The Morgan fingerprint density at radius 1 is 0.558 bits per heavy atom. The fourth-order valence-electron chi connectivity index (χ4n) is 5.39. The monoisotopic (exact) mass is 743 g/mol. The summed E-state index contributed by atoms with van der Waals surface area (Å²) in [5.74, 6) is -1.86. The molecular weight excluding hydrogens is 672 g/mol. The molecule has 302 valence electrons. The molecule has 1 unspecified atom stereocenters. The van der Waals surface area contributed by atoms with E-state index in [0.29, 0.717) is 65.4 Å². The van der Waals surface area contributed by atoms with Gasteiger partial charge in [-0.25, -0.2) is 0 Å². The van der Waals surface area contributed by atoms with Gasteiger partial charge >= 0.3 is 23.9 Å². The van der Waals surface area contributed by atoms with Crippen molar-refractivity contribution in [1.29, 1.82) is 0 Å². The third-order valence-electron chi connectivity index (χ3n) is 7.42. The molecule has 1 heterocycles. The Morgan fingerprint density at radius 2 is 0.885 bits per heavy atom. The van der Waals surface area contributed by atoms with E-state index in [1.807, 2.05) is 81.9 Å². The first-order chi connectivity index (χ1) is 23.7. The van der Waals surface area contributed by atoms with Crippen molar-refractivity contribution in [3.63, 3.8) is 0 Å². The minimum atomic E-state index is -0.791. The first-order valence-electron chi connectivity index (χ1n) is 18.5. The van der Waals surface area contributed by atoms with Crippen LogP contribution in [0, 0.1) is 0 Å². The second-order valence-electron chi connectivity index (χ2n) is 17.4. The number of rotatable bonds is 13. The Bertz CT molecular complexity index is 1110. The van der Waals surface area contributed by atoms with E-state index in [1.165, 1.54) is 0 Å². The Balaban J connectivity index is 3.54. The van der Waals surface area contributed by atoms with Crippen LogP contribution < -0.4 is 11.1 Å². The Hall–Kier alpha value is -2.85. The van der Waals surface area contributed by atoms with Gasteiger partial charge < -0.3 is 30.0 Å². The molecular formula is C37H70N6O9. The Morgan fingerprint density at radius 3 is 1.19 bits per heavy atom. The maximum absolute atomic E-state index is 13.8. The largest absolute Gasteiger partial charge is 0.459 e. The average Bonchev–Trinajstić information content (AvgIpc) is 2.93. The number of hydrogen-bond acceptors (Lipinski definition) is 14. The maximum Gasteiger partial charge on any atom is 0.323 e. The summed E-state index contributed by atoms with van der Waals surface area (Å²) in [6.07, 6.45) is 0.260. The fourth-order valence-corrected chi connectivity index (χ4v) is 5.39. The van der Waals surface area contributed by atoms with E-state index >= 15 is 0 Å². The summed E-state index contributed by atoms with van der Waals surface area (Å²) in [6, 6.07) is -0.791. The summed E-state index contributed by atoms with van der Waals surface area (Å²) in [5.41, 5.74) is 2.79. The van der Waals surface area contributed by atoms with Crippen molar-refractivity contribution < 1.29 is 42.9 Å². The van der Waals surface area contributed by atoms with Crippen LogP contribution in [0.4, 0.5) is 0 Å². The summed E-state index contributed by atoms with van der Waals surface area (Å²) < 4.78 is 22.8. The molecule has 0 aliphatic carbocycles. The van der Waals surface area contributed by atoms with Crippen LogP contribution in [0.5, 0.6) is 0 Å². The highest BCUT2D eigenvalue weighted by molar-refractivity contribution is 5.79. The number of hydrogen-bond donors (Lipinski definition) is 2. The molecule has 1 aliphatic rings. The molecule has 0 aromatic rings. The second-order valence-corrected chi connectivity index (χ2v) is 17.4. The molecule has 0 aromatic carbocycles. The molecule has 1 fully saturated rings. The van der Waals surface area contributed by atoms with Crippen molar-refractivity contribution in [1.82, 2.24) is 24.9 Å². The van der Waals surface area contributed by atoms with E-state index < -0.39 is 46.4 Å². The van der Waals surface area contributed by atoms with Crippen LogP contribution in [-0.4, -0.2) is 163 Å². The summed E-state index contributed by atoms with van der Waals surface area (Å²) >= 11 is 0. The highest BCUT2D eigenvalue weighted by Crippen LogP contribution is 2.17. The van der Waals surface area contributed by atoms with Crippen LogP contribution in [0.15, 0.2) is 0 Å². The van der Waals surface area contributed by atoms with E-state index in [9.17, 15) is 24.0 Å². The summed E-state index contributed by atoms with van der Waals surface area (Å²) in [4.78, 5) is 73.4. The number of amides is 1. The number of carbonyl (C=O) groups excluding carboxylic acids is 5. The topological polar surface area (TPSA) is 173 Å². The summed E-state index contributed by atoms with van der Waals surface area (Å²) in [7, 11) is 0. The maximum atomic E-state index is 13.8. The van der Waals surface area contributed by atoms with E-state index in [0.717, 1.165) is 0 Å². The SMILES string of the molecule is CC(C)(C)OC(=O)CN1CCN(CC(=O)OC(C)(C)C)CCN(C(CCC(=O)NCCN)C(=O)OC(C)(C)C)CCN(CC(=O)OC(C)(C)C)CC1. The molecule has 0 radical (unpaired) electrons. The van der Waals surface area contributed by atoms with Crippen LogP contribution in [0.1, 0.15) is 95.9 Å². The van der Waals surface area contributed by atoms with Crippen LogP contribution >= 0.6 is 0 Å². The second kappa shape index (κ2) is 21.1. The minimum Gasteiger partial charge on any atom is -0.459 e. The van der Waals surface area contributed by atoms with Crippen molar-refractivity contribution in [2.24, 2.45) is 5.73 Å². The Kier molecular flexibility index (Phi) is 19.2. The molecule has 1 amide bonds. The highest BCUT2D eigenvalue weighted by atomic mass is 16.6. The summed E-state index contributed by atoms with van der Waals surface area (Å²) in [5, 5.41) is 2.77. The van der Waals surface area contributed by atoms with E-state index in [-0.39, 0.29) is 44.4 Å². The van der Waals surface area contributed by atoms with Crippen molar-refractivity contribution in [3.8, 4) is 0 Å². The molecule has 1 saturated heterocycles. The molecule has 0 spiro atoms. The normalized spacial score (nSPS) is 17.6. The highest BCUT2D eigenvalue weighted by Gasteiger charge is 2.33. The molecule has 3 N–H and O–H groups in total. The third kappa shape index (κ3) is 22.9. The lowest BCUT2D eigenvalue weighted by Gasteiger charge is -2.37. The lowest BCUT2D eigenvalue weighted by molar-refractivity contribution is -0.163. The first kappa shape index (κ1) is 47.2. The van der Waals surface area contributed by atoms with E-state index in [2.05, 4.69) is 5.32 Å². The molecule has 0 aromatic heterocycles. The molecule has 1 rings (SSSR count). The molecule has 1 atom stereocenters.